The molecule has 5 heteroatoms. The second-order valence-corrected chi connectivity index (χ2v) is 4.49. The van der Waals surface area contributed by atoms with Crippen molar-refractivity contribution < 1.29 is 19.7 Å². The van der Waals surface area contributed by atoms with Crippen molar-refractivity contribution in [3.8, 4) is 0 Å². The van der Waals surface area contributed by atoms with Crippen molar-refractivity contribution in [1.82, 2.24) is 0 Å². The maximum atomic E-state index is 10.6. The fourth-order valence-corrected chi connectivity index (χ4v) is 2.31. The summed E-state index contributed by atoms with van der Waals surface area (Å²) >= 11 is 6.10. The molecule has 0 spiro atoms. The summed E-state index contributed by atoms with van der Waals surface area (Å²) in [6, 6.07) is 4.87. The normalized spacial score (nSPS) is 21.4. The van der Waals surface area contributed by atoms with Gasteiger partial charge in [-0.1, -0.05) is 23.7 Å². The Bertz CT molecular complexity index is 427. The molecule has 1 fully saturated rings. The van der Waals surface area contributed by atoms with Crippen LogP contribution in [0.4, 0.5) is 0 Å². The van der Waals surface area contributed by atoms with E-state index in [1.807, 2.05) is 0 Å². The van der Waals surface area contributed by atoms with E-state index in [2.05, 4.69) is 0 Å². The molecule has 92 valence electrons. The molecular weight excluding hydrogens is 244 g/mol. The summed E-state index contributed by atoms with van der Waals surface area (Å²) < 4.78 is 5.28. The van der Waals surface area contributed by atoms with Crippen molar-refractivity contribution in [2.75, 3.05) is 13.2 Å². The smallest absolute Gasteiger partial charge is 0.337 e. The second-order valence-electron chi connectivity index (χ2n) is 4.08. The molecule has 2 N–H and O–H groups in total. The third-order valence-electron chi connectivity index (χ3n) is 2.94. The van der Waals surface area contributed by atoms with Gasteiger partial charge in [0.25, 0.3) is 0 Å². The minimum absolute atomic E-state index is 0.263. The fraction of sp³-hybridized carbons (Fsp3) is 0.417. The van der Waals surface area contributed by atoms with Crippen LogP contribution in [0.3, 0.4) is 0 Å². The zero-order chi connectivity index (χ0) is 12.4. The molecule has 1 aromatic carbocycles. The van der Waals surface area contributed by atoms with Crippen molar-refractivity contribution in [3.05, 3.63) is 34.3 Å². The van der Waals surface area contributed by atoms with Crippen molar-refractivity contribution in [2.24, 2.45) is 0 Å². The molecule has 2 rings (SSSR count). The van der Waals surface area contributed by atoms with Crippen LogP contribution in [0.5, 0.6) is 0 Å². The molecule has 1 aliphatic rings. The number of ether oxygens (including phenoxy) is 1. The minimum atomic E-state index is -1.53. The van der Waals surface area contributed by atoms with Gasteiger partial charge in [0.2, 0.25) is 0 Å². The maximum Gasteiger partial charge on any atom is 0.337 e. The molecule has 0 amide bonds. The van der Waals surface area contributed by atoms with E-state index < -0.39 is 12.1 Å². The van der Waals surface area contributed by atoms with Crippen LogP contribution in [0.2, 0.25) is 5.02 Å². The van der Waals surface area contributed by atoms with Gasteiger partial charge < -0.3 is 14.9 Å². The van der Waals surface area contributed by atoms with Gasteiger partial charge in [-0.05, 0) is 23.6 Å². The molecular formula is C12H13ClO4. The summed E-state index contributed by atoms with van der Waals surface area (Å²) in [7, 11) is 0. The van der Waals surface area contributed by atoms with E-state index in [0.717, 1.165) is 18.6 Å². The summed E-state index contributed by atoms with van der Waals surface area (Å²) in [5.74, 6) is -1.02. The summed E-state index contributed by atoms with van der Waals surface area (Å²) in [6.45, 7) is 1.36. The van der Waals surface area contributed by atoms with Gasteiger partial charge in [0.15, 0.2) is 6.10 Å². The summed E-state index contributed by atoms with van der Waals surface area (Å²) in [5, 5.41) is 18.6. The van der Waals surface area contributed by atoms with Crippen molar-refractivity contribution in [2.45, 2.75) is 18.4 Å². The van der Waals surface area contributed by atoms with Crippen LogP contribution in [0.15, 0.2) is 18.2 Å². The Hall–Kier alpha value is -1.10. The number of hydrogen-bond acceptors (Lipinski definition) is 3. The highest BCUT2D eigenvalue weighted by atomic mass is 35.5. The van der Waals surface area contributed by atoms with E-state index in [9.17, 15) is 9.90 Å². The van der Waals surface area contributed by atoms with E-state index in [4.69, 9.17) is 21.4 Å². The highest BCUT2D eigenvalue weighted by Gasteiger charge is 2.22. The number of rotatable bonds is 3. The van der Waals surface area contributed by atoms with Gasteiger partial charge in [0.05, 0.1) is 6.61 Å². The molecule has 2 unspecified atom stereocenters. The highest BCUT2D eigenvalue weighted by molar-refractivity contribution is 6.31. The first-order valence-corrected chi connectivity index (χ1v) is 5.75. The number of aliphatic carboxylic acids is 1. The van der Waals surface area contributed by atoms with Crippen molar-refractivity contribution in [3.63, 3.8) is 0 Å². The Morgan fingerprint density at radius 2 is 2.29 bits per heavy atom. The molecule has 0 radical (unpaired) electrons. The first-order valence-electron chi connectivity index (χ1n) is 5.37. The van der Waals surface area contributed by atoms with Gasteiger partial charge in [-0.15, -0.1) is 0 Å². The predicted octanol–water partition coefficient (Wildman–Crippen LogP) is 1.96. The van der Waals surface area contributed by atoms with Crippen LogP contribution in [0, 0.1) is 0 Å². The molecule has 0 aliphatic carbocycles. The van der Waals surface area contributed by atoms with Crippen LogP contribution in [0.25, 0.3) is 0 Å². The van der Waals surface area contributed by atoms with Crippen LogP contribution in [-0.2, 0) is 9.53 Å². The lowest BCUT2D eigenvalue weighted by atomic mass is 9.96. The minimum Gasteiger partial charge on any atom is -0.479 e. The van der Waals surface area contributed by atoms with E-state index in [-0.39, 0.29) is 5.92 Å². The van der Waals surface area contributed by atoms with Crippen molar-refractivity contribution in [1.29, 1.82) is 0 Å². The summed E-state index contributed by atoms with van der Waals surface area (Å²) in [5.41, 5.74) is 1.25. The molecule has 0 saturated carbocycles. The van der Waals surface area contributed by atoms with Gasteiger partial charge in [-0.25, -0.2) is 4.79 Å². The zero-order valence-electron chi connectivity index (χ0n) is 9.10. The average Bonchev–Trinajstić information content (AvgIpc) is 2.81. The molecule has 4 nitrogen and oxygen atoms in total. The number of aliphatic hydroxyl groups is 1. The molecule has 1 heterocycles. The third kappa shape index (κ3) is 2.60. The Balaban J connectivity index is 2.25. The molecule has 1 saturated heterocycles. The van der Waals surface area contributed by atoms with Crippen molar-refractivity contribution >= 4 is 17.6 Å². The van der Waals surface area contributed by atoms with Gasteiger partial charge in [-0.2, -0.15) is 0 Å². The molecule has 2 atom stereocenters. The first-order chi connectivity index (χ1) is 8.09. The monoisotopic (exact) mass is 256 g/mol. The molecule has 0 bridgehead atoms. The number of hydrogen-bond donors (Lipinski definition) is 2. The van der Waals surface area contributed by atoms with Gasteiger partial charge in [0, 0.05) is 17.5 Å². The second kappa shape index (κ2) is 5.04. The lowest BCUT2D eigenvalue weighted by molar-refractivity contribution is -0.146. The Morgan fingerprint density at radius 3 is 2.82 bits per heavy atom. The Kier molecular flexibility index (Phi) is 3.66. The van der Waals surface area contributed by atoms with Crippen LogP contribution < -0.4 is 0 Å². The topological polar surface area (TPSA) is 66.8 Å². The van der Waals surface area contributed by atoms with E-state index >= 15 is 0 Å². The molecule has 17 heavy (non-hydrogen) atoms. The standard InChI is InChI=1S/C12H13ClO4/c13-10-5-7(11(14)12(15)16)1-2-9(10)8-3-4-17-6-8/h1-2,5,8,11,14H,3-4,6H2,(H,15,16). The van der Waals surface area contributed by atoms with Crippen LogP contribution in [0.1, 0.15) is 29.6 Å². The van der Waals surface area contributed by atoms with Crippen LogP contribution >= 0.6 is 11.6 Å². The molecule has 0 aromatic heterocycles. The van der Waals surface area contributed by atoms with E-state index in [1.165, 1.54) is 6.07 Å². The van der Waals surface area contributed by atoms with Gasteiger partial charge in [-0.3, -0.25) is 0 Å². The number of carbonyl (C=O) groups is 1. The number of carboxylic acid groups (broad SMARTS) is 1. The number of halogens is 1. The lowest BCUT2D eigenvalue weighted by Gasteiger charge is -2.13. The SMILES string of the molecule is O=C(O)C(O)c1ccc(C2CCOC2)c(Cl)c1. The summed E-state index contributed by atoms with van der Waals surface area (Å²) in [6.07, 6.45) is -0.609. The highest BCUT2D eigenvalue weighted by Crippen LogP contribution is 2.32. The largest absolute Gasteiger partial charge is 0.479 e. The van der Waals surface area contributed by atoms with E-state index in [0.29, 0.717) is 17.2 Å². The number of carboxylic acids is 1. The van der Waals surface area contributed by atoms with Gasteiger partial charge in [0.1, 0.15) is 0 Å². The molecule has 1 aliphatic heterocycles. The number of benzene rings is 1. The summed E-state index contributed by atoms with van der Waals surface area (Å²) in [4.78, 5) is 10.6. The zero-order valence-corrected chi connectivity index (χ0v) is 9.85. The first kappa shape index (κ1) is 12.4. The molecule has 1 aromatic rings. The Labute approximate surface area is 104 Å². The number of aliphatic hydroxyl groups excluding tert-OH is 1. The lowest BCUT2D eigenvalue weighted by Crippen LogP contribution is -2.11. The third-order valence-corrected chi connectivity index (χ3v) is 3.27. The quantitative estimate of drug-likeness (QED) is 0.868. The predicted molar refractivity (Wildman–Crippen MR) is 62.2 cm³/mol. The Morgan fingerprint density at radius 1 is 1.53 bits per heavy atom. The van der Waals surface area contributed by atoms with Gasteiger partial charge >= 0.3 is 5.97 Å². The maximum absolute atomic E-state index is 10.6. The average molecular weight is 257 g/mol. The van der Waals surface area contributed by atoms with Crippen LogP contribution in [-0.4, -0.2) is 29.4 Å². The van der Waals surface area contributed by atoms with E-state index in [1.54, 1.807) is 12.1 Å². The fourth-order valence-electron chi connectivity index (χ4n) is 1.97.